The number of hydrogen-bond acceptors (Lipinski definition) is 3. The maximum atomic E-state index is 13.9. The molecule has 1 aromatic heterocycles. The lowest BCUT2D eigenvalue weighted by Gasteiger charge is -2.36. The summed E-state index contributed by atoms with van der Waals surface area (Å²) >= 11 is 6.33. The van der Waals surface area contributed by atoms with Gasteiger partial charge in [-0.05, 0) is 56.0 Å². The maximum absolute atomic E-state index is 13.9. The van der Waals surface area contributed by atoms with E-state index < -0.39 is 0 Å². The Morgan fingerprint density at radius 2 is 1.86 bits per heavy atom. The van der Waals surface area contributed by atoms with Crippen LogP contribution >= 0.6 is 11.6 Å². The van der Waals surface area contributed by atoms with Crippen molar-refractivity contribution < 1.29 is 4.79 Å². The fraction of sp³-hybridized carbons (Fsp3) is 0.483. The van der Waals surface area contributed by atoms with Gasteiger partial charge in [-0.3, -0.25) is 14.2 Å². The zero-order chi connectivity index (χ0) is 24.8. The Morgan fingerprint density at radius 3 is 2.57 bits per heavy atom. The van der Waals surface area contributed by atoms with Gasteiger partial charge in [-0.1, -0.05) is 75.8 Å². The van der Waals surface area contributed by atoms with Gasteiger partial charge in [0.1, 0.15) is 5.82 Å². The van der Waals surface area contributed by atoms with E-state index in [9.17, 15) is 9.59 Å². The molecular weight excluding hydrogens is 458 g/mol. The van der Waals surface area contributed by atoms with Gasteiger partial charge < -0.3 is 4.90 Å². The third-order valence-corrected chi connectivity index (χ3v) is 7.40. The zero-order valence-electron chi connectivity index (χ0n) is 20.9. The molecule has 0 spiro atoms. The predicted octanol–water partition coefficient (Wildman–Crippen LogP) is 7.09. The molecule has 1 aliphatic carbocycles. The average molecular weight is 494 g/mol. The Kier molecular flexibility index (Phi) is 8.61. The highest BCUT2D eigenvalue weighted by atomic mass is 35.5. The predicted molar refractivity (Wildman–Crippen MR) is 143 cm³/mol. The van der Waals surface area contributed by atoms with Gasteiger partial charge in [0.2, 0.25) is 5.91 Å². The van der Waals surface area contributed by atoms with Gasteiger partial charge in [-0.2, -0.15) is 0 Å². The summed E-state index contributed by atoms with van der Waals surface area (Å²) in [4.78, 5) is 34.8. The standard InChI is InChI=1S/C29H36ClN3O2/c1-3-5-11-19-32(28(34)21-13-7-6-8-14-21)26(4-2)27-31-25-18-10-9-17-24(25)29(35)33(27)23-16-12-15-22(30)20-23/h9-10,12,15-18,20-21,26H,3-8,11,13-14,19H2,1-2H3. The lowest BCUT2D eigenvalue weighted by Crippen LogP contribution is -2.42. The van der Waals surface area contributed by atoms with E-state index in [2.05, 4.69) is 13.8 Å². The Hall–Kier alpha value is -2.66. The normalized spacial score (nSPS) is 15.3. The Labute approximate surface area is 213 Å². The number of rotatable bonds is 9. The van der Waals surface area contributed by atoms with Crippen molar-refractivity contribution in [1.82, 2.24) is 14.5 Å². The molecule has 0 aliphatic heterocycles. The van der Waals surface area contributed by atoms with Crippen molar-refractivity contribution >= 4 is 28.4 Å². The van der Waals surface area contributed by atoms with Crippen LogP contribution in [-0.2, 0) is 4.79 Å². The number of para-hydroxylation sites is 1. The second-order valence-electron chi connectivity index (χ2n) is 9.61. The topological polar surface area (TPSA) is 55.2 Å². The average Bonchev–Trinajstić information content (AvgIpc) is 2.88. The van der Waals surface area contributed by atoms with Crippen LogP contribution in [0, 0.1) is 5.92 Å². The Bertz CT molecular complexity index is 1220. The van der Waals surface area contributed by atoms with E-state index in [0.29, 0.717) is 40.4 Å². The first-order chi connectivity index (χ1) is 17.0. The summed E-state index contributed by atoms with van der Waals surface area (Å²) in [7, 11) is 0. The molecule has 1 saturated carbocycles. The largest absolute Gasteiger partial charge is 0.332 e. The lowest BCUT2D eigenvalue weighted by atomic mass is 9.87. The molecule has 1 aliphatic rings. The number of carbonyl (C=O) groups is 1. The minimum atomic E-state index is -0.294. The van der Waals surface area contributed by atoms with Gasteiger partial charge in [-0.25, -0.2) is 4.98 Å². The summed E-state index contributed by atoms with van der Waals surface area (Å²) in [6.07, 6.45) is 9.10. The molecule has 0 saturated heterocycles. The number of nitrogens with zero attached hydrogens (tertiary/aromatic N) is 3. The van der Waals surface area contributed by atoms with Crippen molar-refractivity contribution in [3.8, 4) is 5.69 Å². The van der Waals surface area contributed by atoms with Gasteiger partial charge in [0.05, 0.1) is 22.6 Å². The first-order valence-corrected chi connectivity index (χ1v) is 13.5. The summed E-state index contributed by atoms with van der Waals surface area (Å²) < 4.78 is 1.67. The number of amides is 1. The molecule has 4 rings (SSSR count). The molecule has 0 bridgehead atoms. The number of halogens is 1. The first kappa shape index (κ1) is 25.4. The first-order valence-electron chi connectivity index (χ1n) is 13.1. The van der Waals surface area contributed by atoms with E-state index in [0.717, 1.165) is 44.9 Å². The van der Waals surface area contributed by atoms with Crippen LogP contribution < -0.4 is 5.56 Å². The number of aromatic nitrogens is 2. The molecule has 0 N–H and O–H groups in total. The summed E-state index contributed by atoms with van der Waals surface area (Å²) in [5.74, 6) is 0.887. The van der Waals surface area contributed by atoms with Crippen LogP contribution in [0.25, 0.3) is 16.6 Å². The second-order valence-corrected chi connectivity index (χ2v) is 10.0. The van der Waals surface area contributed by atoms with E-state index in [1.165, 1.54) is 6.42 Å². The maximum Gasteiger partial charge on any atom is 0.266 e. The van der Waals surface area contributed by atoms with Crippen molar-refractivity contribution in [3.05, 3.63) is 69.7 Å². The highest BCUT2D eigenvalue weighted by Gasteiger charge is 2.33. The second kappa shape index (κ2) is 11.9. The summed E-state index contributed by atoms with van der Waals surface area (Å²) in [5, 5.41) is 1.11. The fourth-order valence-corrected chi connectivity index (χ4v) is 5.50. The lowest BCUT2D eigenvalue weighted by molar-refractivity contribution is -0.139. The number of fused-ring (bicyclic) bond motifs is 1. The molecule has 5 nitrogen and oxygen atoms in total. The highest BCUT2D eigenvalue weighted by molar-refractivity contribution is 6.30. The molecular formula is C29H36ClN3O2. The molecule has 186 valence electrons. The van der Waals surface area contributed by atoms with Gasteiger partial charge in [0.15, 0.2) is 0 Å². The van der Waals surface area contributed by atoms with Crippen molar-refractivity contribution in [2.75, 3.05) is 6.54 Å². The number of unbranched alkanes of at least 4 members (excludes halogenated alkanes) is 2. The number of carbonyl (C=O) groups excluding carboxylic acids is 1. The molecule has 1 atom stereocenters. The van der Waals surface area contributed by atoms with Crippen LogP contribution in [0.4, 0.5) is 0 Å². The Morgan fingerprint density at radius 1 is 1.09 bits per heavy atom. The molecule has 2 aromatic carbocycles. The molecule has 1 unspecified atom stereocenters. The van der Waals surface area contributed by atoms with Crippen LogP contribution in [0.3, 0.4) is 0 Å². The molecule has 1 fully saturated rings. The van der Waals surface area contributed by atoms with E-state index >= 15 is 0 Å². The molecule has 35 heavy (non-hydrogen) atoms. The smallest absolute Gasteiger partial charge is 0.266 e. The van der Waals surface area contributed by atoms with Gasteiger partial charge in [0.25, 0.3) is 5.56 Å². The third-order valence-electron chi connectivity index (χ3n) is 7.17. The van der Waals surface area contributed by atoms with Crippen molar-refractivity contribution in [3.63, 3.8) is 0 Å². The molecule has 6 heteroatoms. The third kappa shape index (κ3) is 5.61. The number of hydrogen-bond donors (Lipinski definition) is 0. The van der Waals surface area contributed by atoms with Crippen molar-refractivity contribution in [2.24, 2.45) is 5.92 Å². The minimum absolute atomic E-state index is 0.0613. The van der Waals surface area contributed by atoms with E-state index in [1.807, 2.05) is 41.3 Å². The summed E-state index contributed by atoms with van der Waals surface area (Å²) in [6.45, 7) is 4.93. The molecule has 3 aromatic rings. The van der Waals surface area contributed by atoms with Crippen molar-refractivity contribution in [1.29, 1.82) is 0 Å². The van der Waals surface area contributed by atoms with E-state index in [-0.39, 0.29) is 23.4 Å². The van der Waals surface area contributed by atoms with Gasteiger partial charge in [-0.15, -0.1) is 0 Å². The summed E-state index contributed by atoms with van der Waals surface area (Å²) in [5.41, 5.74) is 1.20. The quantitative estimate of drug-likeness (QED) is 0.299. The van der Waals surface area contributed by atoms with Gasteiger partial charge in [0, 0.05) is 17.5 Å². The molecule has 1 amide bonds. The molecule has 1 heterocycles. The van der Waals surface area contributed by atoms with Crippen LogP contribution in [0.15, 0.2) is 53.3 Å². The Balaban J connectivity index is 1.87. The van der Waals surface area contributed by atoms with E-state index in [4.69, 9.17) is 16.6 Å². The van der Waals surface area contributed by atoms with Gasteiger partial charge >= 0.3 is 0 Å². The summed E-state index contributed by atoms with van der Waals surface area (Å²) in [6, 6.07) is 14.5. The van der Waals surface area contributed by atoms with Crippen LogP contribution in [0.2, 0.25) is 5.02 Å². The monoisotopic (exact) mass is 493 g/mol. The number of benzene rings is 2. The van der Waals surface area contributed by atoms with Crippen LogP contribution in [0.5, 0.6) is 0 Å². The molecule has 0 radical (unpaired) electrons. The SMILES string of the molecule is CCCCCN(C(=O)C1CCCCC1)C(CC)c1nc2ccccc2c(=O)n1-c1cccc(Cl)c1. The fourth-order valence-electron chi connectivity index (χ4n) is 5.32. The van der Waals surface area contributed by atoms with E-state index in [1.54, 1.807) is 16.7 Å². The minimum Gasteiger partial charge on any atom is -0.332 e. The van der Waals surface area contributed by atoms with Crippen LogP contribution in [0.1, 0.15) is 83.5 Å². The van der Waals surface area contributed by atoms with Crippen LogP contribution in [-0.4, -0.2) is 26.9 Å². The van der Waals surface area contributed by atoms with Crippen molar-refractivity contribution in [2.45, 2.75) is 77.7 Å². The highest BCUT2D eigenvalue weighted by Crippen LogP contribution is 2.32. The zero-order valence-corrected chi connectivity index (χ0v) is 21.6.